The molecule has 0 aliphatic heterocycles. The summed E-state index contributed by atoms with van der Waals surface area (Å²) in [4.78, 5) is 22.3. The van der Waals surface area contributed by atoms with E-state index in [9.17, 15) is 9.59 Å². The lowest BCUT2D eigenvalue weighted by Crippen LogP contribution is -2.38. The lowest BCUT2D eigenvalue weighted by Gasteiger charge is -2.17. The van der Waals surface area contributed by atoms with Gasteiger partial charge in [0.15, 0.2) is 0 Å². The molecule has 0 spiro atoms. The van der Waals surface area contributed by atoms with Crippen LogP contribution in [0.2, 0.25) is 0 Å². The number of hydrogen-bond acceptors (Lipinski definition) is 4. The van der Waals surface area contributed by atoms with Crippen LogP contribution in [0.5, 0.6) is 0 Å². The van der Waals surface area contributed by atoms with Gasteiger partial charge in [0.25, 0.3) is 0 Å². The highest BCUT2D eigenvalue weighted by molar-refractivity contribution is 5.88. The molecule has 4 heteroatoms. The van der Waals surface area contributed by atoms with Gasteiger partial charge in [-0.3, -0.25) is 4.79 Å². The Bertz CT molecular complexity index is 456. The monoisotopic (exact) mass is 233 g/mol. The smallest absolute Gasteiger partial charge is 0.331 e. The van der Waals surface area contributed by atoms with E-state index in [4.69, 9.17) is 5.73 Å². The summed E-state index contributed by atoms with van der Waals surface area (Å²) in [6.07, 6.45) is 1.75. The first-order chi connectivity index (χ1) is 8.09. The zero-order valence-electron chi connectivity index (χ0n) is 9.68. The molecule has 2 N–H and O–H groups in total. The molecule has 1 aliphatic carbocycles. The van der Waals surface area contributed by atoms with Crippen LogP contribution < -0.4 is 5.73 Å². The van der Waals surface area contributed by atoms with Crippen LogP contribution in [0.4, 0.5) is 0 Å². The van der Waals surface area contributed by atoms with Crippen LogP contribution in [0, 0.1) is 0 Å². The van der Waals surface area contributed by atoms with Crippen molar-refractivity contribution in [3.05, 3.63) is 35.4 Å². The first-order valence-corrected chi connectivity index (χ1v) is 5.65. The highest BCUT2D eigenvalue weighted by Gasteiger charge is 2.32. The average molecular weight is 233 g/mol. The number of fused-ring (bicyclic) bond motifs is 1. The average Bonchev–Trinajstić information content (AvgIpc) is 2.70. The maximum absolute atomic E-state index is 11.6. The second-order valence-corrected chi connectivity index (χ2v) is 4.28. The molecule has 1 aromatic rings. The fourth-order valence-electron chi connectivity index (χ4n) is 2.34. The van der Waals surface area contributed by atoms with Crippen molar-refractivity contribution in [1.29, 1.82) is 0 Å². The van der Waals surface area contributed by atoms with Crippen molar-refractivity contribution in [3.63, 3.8) is 0 Å². The Kier molecular flexibility index (Phi) is 3.24. The van der Waals surface area contributed by atoms with Gasteiger partial charge in [0.2, 0.25) is 0 Å². The maximum Gasteiger partial charge on any atom is 0.331 e. The van der Waals surface area contributed by atoms with Crippen LogP contribution in [0.15, 0.2) is 24.3 Å². The van der Waals surface area contributed by atoms with Crippen molar-refractivity contribution >= 4 is 11.9 Å². The summed E-state index contributed by atoms with van der Waals surface area (Å²) in [5.41, 5.74) is 8.18. The van der Waals surface area contributed by atoms with Crippen LogP contribution in [-0.2, 0) is 20.7 Å². The van der Waals surface area contributed by atoms with Crippen molar-refractivity contribution in [3.8, 4) is 0 Å². The van der Waals surface area contributed by atoms with Crippen molar-refractivity contribution in [2.75, 3.05) is 0 Å². The molecule has 90 valence electrons. The van der Waals surface area contributed by atoms with E-state index in [1.54, 1.807) is 0 Å². The number of ether oxygens (including phenoxy) is 1. The quantitative estimate of drug-likeness (QED) is 0.614. The predicted molar refractivity (Wildman–Crippen MR) is 62.3 cm³/mol. The van der Waals surface area contributed by atoms with E-state index in [0.717, 1.165) is 18.4 Å². The summed E-state index contributed by atoms with van der Waals surface area (Å²) >= 11 is 0. The number of aryl methyl sites for hydroxylation is 1. The Morgan fingerprint density at radius 1 is 1.41 bits per heavy atom. The van der Waals surface area contributed by atoms with E-state index in [-0.39, 0.29) is 5.92 Å². The Morgan fingerprint density at radius 2 is 2.12 bits per heavy atom. The molecule has 2 unspecified atom stereocenters. The lowest BCUT2D eigenvalue weighted by atomic mass is 9.94. The van der Waals surface area contributed by atoms with Crippen LogP contribution in [0.1, 0.15) is 30.4 Å². The zero-order valence-corrected chi connectivity index (χ0v) is 9.68. The van der Waals surface area contributed by atoms with Crippen molar-refractivity contribution in [2.24, 2.45) is 5.73 Å². The first-order valence-electron chi connectivity index (χ1n) is 5.65. The van der Waals surface area contributed by atoms with Gasteiger partial charge < -0.3 is 10.5 Å². The SMILES string of the molecule is CC(=O)OC(=O)C(N)C1CCc2ccccc21. The minimum absolute atomic E-state index is 0.0435. The number of rotatable bonds is 2. The van der Waals surface area contributed by atoms with Gasteiger partial charge in [0.1, 0.15) is 6.04 Å². The van der Waals surface area contributed by atoms with Crippen LogP contribution in [0.25, 0.3) is 0 Å². The molecule has 2 rings (SSSR count). The fraction of sp³-hybridized carbons (Fsp3) is 0.385. The van der Waals surface area contributed by atoms with E-state index in [1.807, 2.05) is 24.3 Å². The number of carbonyl (C=O) groups is 2. The van der Waals surface area contributed by atoms with E-state index >= 15 is 0 Å². The highest BCUT2D eigenvalue weighted by Crippen LogP contribution is 2.34. The molecule has 0 bridgehead atoms. The third-order valence-corrected chi connectivity index (χ3v) is 3.13. The molecule has 0 aromatic heterocycles. The van der Waals surface area contributed by atoms with E-state index in [2.05, 4.69) is 4.74 Å². The molecule has 0 saturated heterocycles. The Hall–Kier alpha value is -1.68. The largest absolute Gasteiger partial charge is 0.392 e. The number of nitrogens with two attached hydrogens (primary N) is 1. The molecule has 0 heterocycles. The Balaban J connectivity index is 2.15. The van der Waals surface area contributed by atoms with Crippen LogP contribution in [-0.4, -0.2) is 18.0 Å². The molecule has 2 atom stereocenters. The molecular formula is C13H15NO3. The summed E-state index contributed by atoms with van der Waals surface area (Å²) in [5, 5.41) is 0. The standard InChI is InChI=1S/C13H15NO3/c1-8(15)17-13(16)12(14)11-7-6-9-4-2-3-5-10(9)11/h2-5,11-12H,6-7,14H2,1H3. The first kappa shape index (κ1) is 11.8. The Labute approximate surface area is 99.8 Å². The summed E-state index contributed by atoms with van der Waals surface area (Å²) in [7, 11) is 0. The third-order valence-electron chi connectivity index (χ3n) is 3.13. The topological polar surface area (TPSA) is 69.4 Å². The highest BCUT2D eigenvalue weighted by atomic mass is 16.6. The van der Waals surface area contributed by atoms with E-state index in [0.29, 0.717) is 0 Å². The normalized spacial score (nSPS) is 19.5. The van der Waals surface area contributed by atoms with Crippen molar-refractivity contribution in [2.45, 2.75) is 31.7 Å². The predicted octanol–water partition coefficient (Wildman–Crippen LogP) is 1.13. The molecule has 1 aromatic carbocycles. The molecule has 0 saturated carbocycles. The minimum Gasteiger partial charge on any atom is -0.392 e. The van der Waals surface area contributed by atoms with Gasteiger partial charge >= 0.3 is 11.9 Å². The summed E-state index contributed by atoms with van der Waals surface area (Å²) in [6, 6.07) is 7.16. The molecule has 17 heavy (non-hydrogen) atoms. The van der Waals surface area contributed by atoms with E-state index in [1.165, 1.54) is 12.5 Å². The van der Waals surface area contributed by atoms with Gasteiger partial charge in [0, 0.05) is 12.8 Å². The van der Waals surface area contributed by atoms with Gasteiger partial charge in [-0.05, 0) is 24.0 Å². The van der Waals surface area contributed by atoms with Gasteiger partial charge in [-0.15, -0.1) is 0 Å². The van der Waals surface area contributed by atoms with E-state index < -0.39 is 18.0 Å². The molecule has 1 aliphatic rings. The van der Waals surface area contributed by atoms with Gasteiger partial charge in [-0.2, -0.15) is 0 Å². The van der Waals surface area contributed by atoms with Gasteiger partial charge in [0.05, 0.1) is 0 Å². The third kappa shape index (κ3) is 2.36. The van der Waals surface area contributed by atoms with Gasteiger partial charge in [-0.1, -0.05) is 24.3 Å². The minimum atomic E-state index is -0.762. The zero-order chi connectivity index (χ0) is 12.4. The molecule has 0 fully saturated rings. The summed E-state index contributed by atoms with van der Waals surface area (Å²) in [6.45, 7) is 1.20. The van der Waals surface area contributed by atoms with Crippen molar-refractivity contribution in [1.82, 2.24) is 0 Å². The number of esters is 2. The molecule has 0 radical (unpaired) electrons. The van der Waals surface area contributed by atoms with Crippen LogP contribution in [0.3, 0.4) is 0 Å². The second kappa shape index (κ2) is 4.67. The Morgan fingerprint density at radius 3 is 2.82 bits per heavy atom. The van der Waals surface area contributed by atoms with Crippen molar-refractivity contribution < 1.29 is 14.3 Å². The molecule has 0 amide bonds. The molecule has 4 nitrogen and oxygen atoms in total. The lowest BCUT2D eigenvalue weighted by molar-refractivity contribution is -0.159. The van der Waals surface area contributed by atoms with Crippen LogP contribution >= 0.6 is 0 Å². The van der Waals surface area contributed by atoms with Gasteiger partial charge in [-0.25, -0.2) is 4.79 Å². The second-order valence-electron chi connectivity index (χ2n) is 4.28. The number of hydrogen-bond donors (Lipinski definition) is 1. The fourth-order valence-corrected chi connectivity index (χ4v) is 2.34. The number of benzene rings is 1. The molecular weight excluding hydrogens is 218 g/mol. The number of carbonyl (C=O) groups excluding carboxylic acids is 2. The summed E-state index contributed by atoms with van der Waals surface area (Å²) in [5.74, 6) is -1.30. The maximum atomic E-state index is 11.6. The summed E-state index contributed by atoms with van der Waals surface area (Å²) < 4.78 is 4.54.